The van der Waals surface area contributed by atoms with E-state index in [0.717, 1.165) is 19.4 Å². The van der Waals surface area contributed by atoms with Crippen molar-refractivity contribution in [3.63, 3.8) is 0 Å². The Morgan fingerprint density at radius 3 is 2.95 bits per heavy atom. The zero-order chi connectivity index (χ0) is 14.7. The first-order chi connectivity index (χ1) is 9.50. The van der Waals surface area contributed by atoms with Crippen LogP contribution in [-0.4, -0.2) is 29.5 Å². The van der Waals surface area contributed by atoms with Gasteiger partial charge in [0.15, 0.2) is 0 Å². The molecule has 2 N–H and O–H groups in total. The normalized spacial score (nSPS) is 22.3. The fraction of sp³-hybridized carbons (Fsp3) is 0.462. The number of hydrogen-bond acceptors (Lipinski definition) is 4. The van der Waals surface area contributed by atoms with Gasteiger partial charge in [-0.3, -0.25) is 14.9 Å². The van der Waals surface area contributed by atoms with Gasteiger partial charge in [0.05, 0.1) is 4.92 Å². The summed E-state index contributed by atoms with van der Waals surface area (Å²) in [5, 5.41) is 17.1. The molecule has 108 valence electrons. The maximum atomic E-state index is 12.2. The summed E-state index contributed by atoms with van der Waals surface area (Å²) < 4.78 is 0. The van der Waals surface area contributed by atoms with E-state index in [-0.39, 0.29) is 28.4 Å². The van der Waals surface area contributed by atoms with Crippen LogP contribution in [0, 0.1) is 10.1 Å². The van der Waals surface area contributed by atoms with E-state index in [4.69, 9.17) is 11.6 Å². The van der Waals surface area contributed by atoms with Gasteiger partial charge in [-0.25, -0.2) is 0 Å². The Labute approximate surface area is 121 Å². The Hall–Kier alpha value is -1.66. The lowest BCUT2D eigenvalue weighted by atomic mass is 9.99. The third kappa shape index (κ3) is 3.08. The summed E-state index contributed by atoms with van der Waals surface area (Å²) in [5.74, 6) is -0.459. The van der Waals surface area contributed by atoms with Crippen LogP contribution in [0.15, 0.2) is 18.2 Å². The molecule has 1 amide bonds. The van der Waals surface area contributed by atoms with Crippen molar-refractivity contribution < 1.29 is 9.72 Å². The third-order valence-electron chi connectivity index (χ3n) is 3.49. The number of carbonyl (C=O) groups is 1. The number of carbonyl (C=O) groups excluding carboxylic acids is 1. The van der Waals surface area contributed by atoms with Gasteiger partial charge in [0.1, 0.15) is 10.6 Å². The Kier molecular flexibility index (Phi) is 4.57. The van der Waals surface area contributed by atoms with Gasteiger partial charge >= 0.3 is 5.69 Å². The standard InChI is InChI=1S/C13H16ClN3O3/c1-8-11(6-3-7-15-8)16-13(18)9-4-2-5-10(14)12(9)17(19)20/h2,4-5,8,11,15H,3,6-7H2,1H3,(H,16,18). The van der Waals surface area contributed by atoms with Gasteiger partial charge in [-0.15, -0.1) is 0 Å². The molecule has 0 aromatic heterocycles. The fourth-order valence-electron chi connectivity index (χ4n) is 2.37. The van der Waals surface area contributed by atoms with E-state index in [1.807, 2.05) is 6.92 Å². The summed E-state index contributed by atoms with van der Waals surface area (Å²) in [6.07, 6.45) is 1.82. The number of nitrogens with one attached hydrogen (secondary N) is 2. The number of nitro groups is 1. The first-order valence-corrected chi connectivity index (χ1v) is 6.85. The first-order valence-electron chi connectivity index (χ1n) is 6.48. The van der Waals surface area contributed by atoms with Crippen LogP contribution in [0.3, 0.4) is 0 Å². The van der Waals surface area contributed by atoms with Crippen molar-refractivity contribution >= 4 is 23.2 Å². The van der Waals surface area contributed by atoms with Crippen molar-refractivity contribution in [3.8, 4) is 0 Å². The van der Waals surface area contributed by atoms with Crippen LogP contribution in [0.2, 0.25) is 5.02 Å². The van der Waals surface area contributed by atoms with E-state index < -0.39 is 10.8 Å². The molecule has 0 spiro atoms. The van der Waals surface area contributed by atoms with Gasteiger partial charge in [0.2, 0.25) is 0 Å². The lowest BCUT2D eigenvalue weighted by Crippen LogP contribution is -2.51. The number of rotatable bonds is 3. The smallest absolute Gasteiger partial charge is 0.300 e. The average Bonchev–Trinajstić information content (AvgIpc) is 2.40. The zero-order valence-electron chi connectivity index (χ0n) is 11.1. The highest BCUT2D eigenvalue weighted by atomic mass is 35.5. The lowest BCUT2D eigenvalue weighted by Gasteiger charge is -2.30. The predicted octanol–water partition coefficient (Wildman–Crippen LogP) is 2.12. The second-order valence-electron chi connectivity index (χ2n) is 4.86. The molecule has 20 heavy (non-hydrogen) atoms. The van der Waals surface area contributed by atoms with Crippen molar-refractivity contribution in [2.45, 2.75) is 31.8 Å². The largest absolute Gasteiger partial charge is 0.348 e. The number of benzene rings is 1. The highest BCUT2D eigenvalue weighted by molar-refractivity contribution is 6.33. The van der Waals surface area contributed by atoms with E-state index >= 15 is 0 Å². The van der Waals surface area contributed by atoms with Crippen molar-refractivity contribution in [2.75, 3.05) is 6.54 Å². The van der Waals surface area contributed by atoms with Gasteiger partial charge in [-0.2, -0.15) is 0 Å². The molecule has 0 saturated carbocycles. The number of nitro benzene ring substituents is 1. The molecule has 1 aromatic rings. The van der Waals surface area contributed by atoms with Crippen LogP contribution in [0.1, 0.15) is 30.1 Å². The van der Waals surface area contributed by atoms with E-state index in [1.165, 1.54) is 18.2 Å². The highest BCUT2D eigenvalue weighted by Gasteiger charge is 2.27. The fourth-order valence-corrected chi connectivity index (χ4v) is 2.61. The maximum Gasteiger partial charge on any atom is 0.300 e. The molecule has 1 saturated heterocycles. The predicted molar refractivity (Wildman–Crippen MR) is 76.1 cm³/mol. The second-order valence-corrected chi connectivity index (χ2v) is 5.27. The van der Waals surface area contributed by atoms with Gasteiger partial charge in [-0.05, 0) is 38.4 Å². The molecule has 0 bridgehead atoms. The van der Waals surface area contributed by atoms with E-state index in [9.17, 15) is 14.9 Å². The average molecular weight is 298 g/mol. The van der Waals surface area contributed by atoms with E-state index in [1.54, 1.807) is 0 Å². The molecular weight excluding hydrogens is 282 g/mol. The molecule has 6 nitrogen and oxygen atoms in total. The van der Waals surface area contributed by atoms with Gasteiger partial charge < -0.3 is 10.6 Å². The number of halogens is 1. The monoisotopic (exact) mass is 297 g/mol. The van der Waals surface area contributed by atoms with Gasteiger partial charge in [0.25, 0.3) is 5.91 Å². The Morgan fingerprint density at radius 2 is 2.30 bits per heavy atom. The molecule has 0 aliphatic carbocycles. The molecule has 1 heterocycles. The summed E-state index contributed by atoms with van der Waals surface area (Å²) in [4.78, 5) is 22.6. The number of hydrogen-bond donors (Lipinski definition) is 2. The van der Waals surface area contributed by atoms with E-state index in [2.05, 4.69) is 10.6 Å². The van der Waals surface area contributed by atoms with Crippen LogP contribution >= 0.6 is 11.6 Å². The van der Waals surface area contributed by atoms with Crippen molar-refractivity contribution in [3.05, 3.63) is 38.9 Å². The molecule has 1 aliphatic rings. The summed E-state index contributed by atoms with van der Waals surface area (Å²) in [7, 11) is 0. The van der Waals surface area contributed by atoms with Crippen molar-refractivity contribution in [1.29, 1.82) is 0 Å². The molecule has 0 radical (unpaired) electrons. The molecule has 1 fully saturated rings. The van der Waals surface area contributed by atoms with Crippen LogP contribution in [0.5, 0.6) is 0 Å². The van der Waals surface area contributed by atoms with Crippen molar-refractivity contribution in [1.82, 2.24) is 10.6 Å². The zero-order valence-corrected chi connectivity index (χ0v) is 11.8. The van der Waals surface area contributed by atoms with E-state index in [0.29, 0.717) is 0 Å². The Bertz CT molecular complexity index is 536. The third-order valence-corrected chi connectivity index (χ3v) is 3.80. The Morgan fingerprint density at radius 1 is 1.55 bits per heavy atom. The topological polar surface area (TPSA) is 84.3 Å². The quantitative estimate of drug-likeness (QED) is 0.661. The first kappa shape index (κ1) is 14.7. The number of para-hydroxylation sites is 1. The second kappa shape index (κ2) is 6.19. The molecule has 1 aromatic carbocycles. The van der Waals surface area contributed by atoms with Crippen molar-refractivity contribution in [2.24, 2.45) is 0 Å². The molecule has 2 atom stereocenters. The van der Waals surface area contributed by atoms with Crippen LogP contribution in [-0.2, 0) is 0 Å². The molecule has 1 aliphatic heterocycles. The number of piperidine rings is 1. The maximum absolute atomic E-state index is 12.2. The summed E-state index contributed by atoms with van der Waals surface area (Å²) in [6.45, 7) is 2.90. The molecule has 2 rings (SSSR count). The van der Waals surface area contributed by atoms with Crippen LogP contribution in [0.4, 0.5) is 5.69 Å². The minimum absolute atomic E-state index is 0.000253. The minimum atomic E-state index is -0.625. The number of amides is 1. The highest BCUT2D eigenvalue weighted by Crippen LogP contribution is 2.28. The summed E-state index contributed by atoms with van der Waals surface area (Å²) >= 11 is 5.81. The summed E-state index contributed by atoms with van der Waals surface area (Å²) in [5.41, 5.74) is -0.344. The van der Waals surface area contributed by atoms with Crippen LogP contribution < -0.4 is 10.6 Å². The SMILES string of the molecule is CC1NCCCC1NC(=O)c1cccc(Cl)c1[N+](=O)[O-]. The summed E-state index contributed by atoms with van der Waals surface area (Å²) in [6, 6.07) is 4.47. The molecular formula is C13H16ClN3O3. The van der Waals surface area contributed by atoms with Gasteiger partial charge in [-0.1, -0.05) is 17.7 Å². The molecule has 2 unspecified atom stereocenters. The number of nitrogens with zero attached hydrogens (tertiary/aromatic N) is 1. The minimum Gasteiger partial charge on any atom is -0.348 e. The van der Waals surface area contributed by atoms with Crippen LogP contribution in [0.25, 0.3) is 0 Å². The molecule has 7 heteroatoms. The lowest BCUT2D eigenvalue weighted by molar-refractivity contribution is -0.385. The Balaban J connectivity index is 2.21. The van der Waals surface area contributed by atoms with Gasteiger partial charge in [0, 0.05) is 12.1 Å².